The average molecular weight is 638 g/mol. The van der Waals surface area contributed by atoms with Crippen molar-refractivity contribution in [1.29, 1.82) is 0 Å². The number of thiophene rings is 1. The fourth-order valence-corrected chi connectivity index (χ4v) is 7.36. The molecule has 0 saturated carbocycles. The molecule has 4 aromatic rings. The predicted molar refractivity (Wildman–Crippen MR) is 150 cm³/mol. The monoisotopic (exact) mass is 637 g/mol. The fraction of sp³-hybridized carbons (Fsp3) is 0.115. The van der Waals surface area contributed by atoms with E-state index in [4.69, 9.17) is 11.6 Å². The Balaban J connectivity index is 1.95. The summed E-state index contributed by atoms with van der Waals surface area (Å²) in [5.74, 6) is -1.18. The first-order chi connectivity index (χ1) is 16.6. The van der Waals surface area contributed by atoms with E-state index in [-0.39, 0.29) is 22.0 Å². The van der Waals surface area contributed by atoms with Crippen molar-refractivity contribution < 1.29 is 18.3 Å². The number of carboxylic acid groups (broad SMARTS) is 1. The standard InChI is InChI=1S/C26H21ClINO4S2/c1-16-12-24(17(2)11-21(16)27)35(32,33)29(15-18-7-6-10-20(28)13-18)22-14-23(34-25(22)26(30)31)19-8-4-3-5-9-19/h3-14H,15H2,1-2H3,(H,30,31). The number of hydrogen-bond donors (Lipinski definition) is 1. The maximum Gasteiger partial charge on any atom is 0.348 e. The van der Waals surface area contributed by atoms with E-state index < -0.39 is 16.0 Å². The van der Waals surface area contributed by atoms with Gasteiger partial charge >= 0.3 is 5.97 Å². The van der Waals surface area contributed by atoms with Gasteiger partial charge in [-0.1, -0.05) is 54.1 Å². The number of benzene rings is 3. The number of carboxylic acids is 1. The molecule has 9 heteroatoms. The van der Waals surface area contributed by atoms with Crippen LogP contribution in [0.25, 0.3) is 10.4 Å². The molecular weight excluding hydrogens is 617 g/mol. The summed E-state index contributed by atoms with van der Waals surface area (Å²) in [6.45, 7) is 3.40. The van der Waals surface area contributed by atoms with Gasteiger partial charge in [0.1, 0.15) is 4.88 Å². The Kier molecular flexibility index (Phi) is 7.56. The summed E-state index contributed by atoms with van der Waals surface area (Å²) in [5, 5.41) is 10.5. The van der Waals surface area contributed by atoms with Crippen molar-refractivity contribution in [3.8, 4) is 10.4 Å². The first-order valence-electron chi connectivity index (χ1n) is 10.5. The second-order valence-electron chi connectivity index (χ2n) is 8.00. The minimum absolute atomic E-state index is 0.0223. The van der Waals surface area contributed by atoms with Crippen molar-refractivity contribution in [2.45, 2.75) is 25.3 Å². The summed E-state index contributed by atoms with van der Waals surface area (Å²) in [6.07, 6.45) is 0. The third-order valence-electron chi connectivity index (χ3n) is 5.47. The Hall–Kier alpha value is -2.40. The third kappa shape index (κ3) is 5.40. The normalized spacial score (nSPS) is 11.4. The maximum absolute atomic E-state index is 14.1. The topological polar surface area (TPSA) is 74.7 Å². The van der Waals surface area contributed by atoms with Crippen molar-refractivity contribution in [3.63, 3.8) is 0 Å². The molecule has 5 nitrogen and oxygen atoms in total. The molecule has 0 fully saturated rings. The summed E-state index contributed by atoms with van der Waals surface area (Å²) in [5.41, 5.74) is 2.80. The molecule has 0 bridgehead atoms. The van der Waals surface area contributed by atoms with Crippen LogP contribution >= 0.6 is 45.5 Å². The quantitative estimate of drug-likeness (QED) is 0.215. The lowest BCUT2D eigenvalue weighted by Gasteiger charge is -2.25. The summed E-state index contributed by atoms with van der Waals surface area (Å²) < 4.78 is 30.4. The van der Waals surface area contributed by atoms with Crippen LogP contribution in [0.1, 0.15) is 26.4 Å². The summed E-state index contributed by atoms with van der Waals surface area (Å²) in [6, 6.07) is 21.6. The van der Waals surface area contributed by atoms with Crippen molar-refractivity contribution in [1.82, 2.24) is 0 Å². The zero-order valence-corrected chi connectivity index (χ0v) is 23.4. The molecule has 35 heavy (non-hydrogen) atoms. The van der Waals surface area contributed by atoms with Gasteiger partial charge in [0, 0.05) is 13.5 Å². The highest BCUT2D eigenvalue weighted by atomic mass is 127. The first-order valence-corrected chi connectivity index (χ1v) is 14.3. The van der Waals surface area contributed by atoms with Crippen LogP contribution in [0.15, 0.2) is 77.7 Å². The molecule has 1 aromatic heterocycles. The predicted octanol–water partition coefficient (Wildman–Crippen LogP) is 7.38. The van der Waals surface area contributed by atoms with Gasteiger partial charge in [0.2, 0.25) is 0 Å². The number of anilines is 1. The van der Waals surface area contributed by atoms with Crippen LogP contribution in [-0.4, -0.2) is 19.5 Å². The maximum atomic E-state index is 14.1. The molecule has 0 saturated heterocycles. The lowest BCUT2D eigenvalue weighted by atomic mass is 10.2. The molecular formula is C26H21ClINO4S2. The lowest BCUT2D eigenvalue weighted by Crippen LogP contribution is -2.32. The minimum Gasteiger partial charge on any atom is -0.477 e. The third-order valence-corrected chi connectivity index (χ3v) is 9.61. The van der Waals surface area contributed by atoms with E-state index in [0.29, 0.717) is 21.0 Å². The molecule has 0 radical (unpaired) electrons. The van der Waals surface area contributed by atoms with Gasteiger partial charge in [0.05, 0.1) is 17.1 Å². The average Bonchev–Trinajstić information content (AvgIpc) is 3.26. The molecule has 180 valence electrons. The lowest BCUT2D eigenvalue weighted by molar-refractivity contribution is 0.0703. The van der Waals surface area contributed by atoms with Gasteiger partial charge < -0.3 is 5.11 Å². The Morgan fingerprint density at radius 1 is 1.00 bits per heavy atom. The van der Waals surface area contributed by atoms with Gasteiger partial charge in [0.25, 0.3) is 10.0 Å². The molecule has 0 aliphatic heterocycles. The summed E-state index contributed by atoms with van der Waals surface area (Å²) in [7, 11) is -4.14. The summed E-state index contributed by atoms with van der Waals surface area (Å²) in [4.78, 5) is 13.0. The van der Waals surface area contributed by atoms with Gasteiger partial charge in [-0.05, 0) is 89.0 Å². The first kappa shape index (κ1) is 25.7. The highest BCUT2D eigenvalue weighted by Gasteiger charge is 2.32. The molecule has 0 unspecified atom stereocenters. The van der Waals surface area contributed by atoms with Crippen molar-refractivity contribution in [3.05, 3.63) is 103 Å². The van der Waals surface area contributed by atoms with E-state index in [1.807, 2.05) is 54.6 Å². The van der Waals surface area contributed by atoms with Gasteiger partial charge in [-0.15, -0.1) is 11.3 Å². The second kappa shape index (κ2) is 10.3. The van der Waals surface area contributed by atoms with Crippen LogP contribution in [0, 0.1) is 17.4 Å². The molecule has 0 atom stereocenters. The number of carbonyl (C=O) groups is 1. The smallest absolute Gasteiger partial charge is 0.348 e. The number of hydrogen-bond acceptors (Lipinski definition) is 4. The number of rotatable bonds is 7. The van der Waals surface area contributed by atoms with E-state index in [1.165, 1.54) is 4.31 Å². The van der Waals surface area contributed by atoms with Gasteiger partial charge in [-0.25, -0.2) is 13.2 Å². The molecule has 0 spiro atoms. The molecule has 3 aromatic carbocycles. The Bertz CT molecular complexity index is 1520. The van der Waals surface area contributed by atoms with Crippen LogP contribution in [0.2, 0.25) is 5.02 Å². The molecule has 0 aliphatic rings. The number of nitrogens with zero attached hydrogens (tertiary/aromatic N) is 1. The fourth-order valence-electron chi connectivity index (χ4n) is 3.72. The highest BCUT2D eigenvalue weighted by molar-refractivity contribution is 14.1. The molecule has 0 aliphatic carbocycles. The van der Waals surface area contributed by atoms with Gasteiger partial charge in [0.15, 0.2) is 0 Å². The van der Waals surface area contributed by atoms with Crippen molar-refractivity contribution >= 4 is 67.2 Å². The van der Waals surface area contributed by atoms with E-state index in [9.17, 15) is 18.3 Å². The number of aromatic carboxylic acids is 1. The Morgan fingerprint density at radius 3 is 2.37 bits per heavy atom. The van der Waals surface area contributed by atoms with E-state index in [1.54, 1.807) is 32.0 Å². The Labute approximate surface area is 227 Å². The zero-order chi connectivity index (χ0) is 25.3. The van der Waals surface area contributed by atoms with E-state index in [2.05, 4.69) is 22.6 Å². The van der Waals surface area contributed by atoms with Crippen LogP contribution < -0.4 is 4.31 Å². The van der Waals surface area contributed by atoms with Crippen molar-refractivity contribution in [2.75, 3.05) is 4.31 Å². The molecule has 1 N–H and O–H groups in total. The zero-order valence-electron chi connectivity index (χ0n) is 18.8. The summed E-state index contributed by atoms with van der Waals surface area (Å²) >= 11 is 9.46. The highest BCUT2D eigenvalue weighted by Crippen LogP contribution is 2.40. The van der Waals surface area contributed by atoms with Crippen LogP contribution in [0.5, 0.6) is 0 Å². The molecule has 4 rings (SSSR count). The minimum atomic E-state index is -4.14. The second-order valence-corrected chi connectivity index (χ2v) is 12.5. The van der Waals surface area contributed by atoms with E-state index in [0.717, 1.165) is 26.0 Å². The van der Waals surface area contributed by atoms with Crippen molar-refractivity contribution in [2.24, 2.45) is 0 Å². The molecule has 1 heterocycles. The number of aryl methyl sites for hydroxylation is 2. The van der Waals surface area contributed by atoms with Crippen LogP contribution in [0.3, 0.4) is 0 Å². The molecule has 0 amide bonds. The SMILES string of the molecule is Cc1cc(S(=O)(=O)N(Cc2cccc(I)c2)c2cc(-c3ccccc3)sc2C(=O)O)c(C)cc1Cl. The van der Waals surface area contributed by atoms with Gasteiger partial charge in [-0.2, -0.15) is 0 Å². The van der Waals surface area contributed by atoms with Crippen LogP contribution in [0.4, 0.5) is 5.69 Å². The number of halogens is 2. The Morgan fingerprint density at radius 2 is 1.71 bits per heavy atom. The largest absolute Gasteiger partial charge is 0.477 e. The van der Waals surface area contributed by atoms with Gasteiger partial charge in [-0.3, -0.25) is 4.31 Å². The van der Waals surface area contributed by atoms with E-state index >= 15 is 0 Å². The van der Waals surface area contributed by atoms with Crippen LogP contribution in [-0.2, 0) is 16.6 Å². The number of sulfonamides is 1.